The molecule has 0 spiro atoms. The number of likely N-dealkylation sites (tertiary alicyclic amines) is 1. The van der Waals surface area contributed by atoms with E-state index in [0.29, 0.717) is 19.0 Å². The van der Waals surface area contributed by atoms with E-state index < -0.39 is 29.8 Å². The molecule has 0 aromatic heterocycles. The number of halogens is 4. The molecular formula is C16H18ClF3N2O2. The Morgan fingerprint density at radius 1 is 1.38 bits per heavy atom. The number of benzene rings is 1. The van der Waals surface area contributed by atoms with E-state index in [-0.39, 0.29) is 10.9 Å². The highest BCUT2D eigenvalue weighted by Gasteiger charge is 2.34. The molecule has 1 fully saturated rings. The van der Waals surface area contributed by atoms with E-state index in [4.69, 9.17) is 11.6 Å². The van der Waals surface area contributed by atoms with Crippen molar-refractivity contribution in [1.82, 2.24) is 4.90 Å². The van der Waals surface area contributed by atoms with E-state index in [1.165, 1.54) is 6.07 Å². The second-order valence-electron chi connectivity index (χ2n) is 6.00. The van der Waals surface area contributed by atoms with Gasteiger partial charge in [-0.05, 0) is 37.0 Å². The lowest BCUT2D eigenvalue weighted by Crippen LogP contribution is -2.40. The zero-order chi connectivity index (χ0) is 17.9. The van der Waals surface area contributed by atoms with Gasteiger partial charge in [0, 0.05) is 18.1 Å². The van der Waals surface area contributed by atoms with Crippen LogP contribution in [0.1, 0.15) is 31.7 Å². The van der Waals surface area contributed by atoms with Gasteiger partial charge in [-0.25, -0.2) is 0 Å². The van der Waals surface area contributed by atoms with Gasteiger partial charge in [0.1, 0.15) is 6.42 Å². The van der Waals surface area contributed by atoms with Gasteiger partial charge in [-0.1, -0.05) is 18.5 Å². The molecule has 1 aliphatic heterocycles. The number of amides is 2. The molecule has 0 bridgehead atoms. The van der Waals surface area contributed by atoms with Crippen molar-refractivity contribution in [1.29, 1.82) is 0 Å². The van der Waals surface area contributed by atoms with Gasteiger partial charge in [0.25, 0.3) is 0 Å². The lowest BCUT2D eigenvalue weighted by atomic mass is 10.00. The Balaban J connectivity index is 2.03. The summed E-state index contributed by atoms with van der Waals surface area (Å²) < 4.78 is 39.0. The molecule has 1 aliphatic rings. The van der Waals surface area contributed by atoms with Gasteiger partial charge in [0.2, 0.25) is 11.8 Å². The number of carbonyl (C=O) groups is 2. The van der Waals surface area contributed by atoms with Crippen LogP contribution in [-0.2, 0) is 15.8 Å². The first-order chi connectivity index (χ1) is 11.2. The van der Waals surface area contributed by atoms with E-state index in [9.17, 15) is 22.8 Å². The summed E-state index contributed by atoms with van der Waals surface area (Å²) in [7, 11) is 0. The van der Waals surface area contributed by atoms with Crippen molar-refractivity contribution in [2.24, 2.45) is 5.92 Å². The first kappa shape index (κ1) is 18.6. The van der Waals surface area contributed by atoms with Crippen LogP contribution >= 0.6 is 11.6 Å². The minimum absolute atomic E-state index is 0.0845. The molecule has 4 nitrogen and oxygen atoms in total. The highest BCUT2D eigenvalue weighted by atomic mass is 35.5. The van der Waals surface area contributed by atoms with Gasteiger partial charge >= 0.3 is 6.18 Å². The van der Waals surface area contributed by atoms with E-state index >= 15 is 0 Å². The van der Waals surface area contributed by atoms with Crippen molar-refractivity contribution >= 4 is 29.1 Å². The molecule has 0 radical (unpaired) electrons. The normalized spacial score (nSPS) is 18.4. The smallest absolute Gasteiger partial charge is 0.342 e. The number of anilines is 1. The van der Waals surface area contributed by atoms with Crippen LogP contribution in [0.15, 0.2) is 18.2 Å². The fourth-order valence-corrected chi connectivity index (χ4v) is 2.89. The third kappa shape index (κ3) is 4.87. The summed E-state index contributed by atoms with van der Waals surface area (Å²) >= 11 is 5.59. The lowest BCUT2D eigenvalue weighted by molar-refractivity contribution is -0.137. The van der Waals surface area contributed by atoms with Crippen molar-refractivity contribution < 1.29 is 22.8 Å². The van der Waals surface area contributed by atoms with Crippen molar-refractivity contribution in [3.63, 3.8) is 0 Å². The topological polar surface area (TPSA) is 49.4 Å². The zero-order valence-corrected chi connectivity index (χ0v) is 13.9. The molecule has 1 aromatic carbocycles. The second-order valence-corrected chi connectivity index (χ2v) is 6.44. The molecule has 0 saturated carbocycles. The molecule has 1 heterocycles. The Morgan fingerprint density at radius 2 is 2.08 bits per heavy atom. The molecule has 1 aromatic rings. The minimum atomic E-state index is -4.65. The highest BCUT2D eigenvalue weighted by molar-refractivity contribution is 6.30. The van der Waals surface area contributed by atoms with E-state index in [2.05, 4.69) is 5.32 Å². The number of alkyl halides is 3. The number of rotatable bonds is 3. The SMILES string of the molecule is CC1CCCN(C(=O)CC(=O)Nc2ccc(Cl)cc2C(F)(F)F)C1. The number of hydrogen-bond donors (Lipinski definition) is 1. The predicted octanol–water partition coefficient (Wildman–Crippen LogP) is 3.95. The molecule has 0 aliphatic carbocycles. The molecule has 1 N–H and O–H groups in total. The zero-order valence-electron chi connectivity index (χ0n) is 13.1. The lowest BCUT2D eigenvalue weighted by Gasteiger charge is -2.30. The van der Waals surface area contributed by atoms with E-state index in [0.717, 1.165) is 25.0 Å². The molecule has 2 amide bonds. The maximum absolute atomic E-state index is 13.0. The van der Waals surface area contributed by atoms with Crippen LogP contribution in [0.2, 0.25) is 5.02 Å². The minimum Gasteiger partial charge on any atom is -0.342 e. The Morgan fingerprint density at radius 3 is 2.71 bits per heavy atom. The summed E-state index contributed by atoms with van der Waals surface area (Å²) in [5.41, 5.74) is -1.45. The highest BCUT2D eigenvalue weighted by Crippen LogP contribution is 2.36. The molecular weight excluding hydrogens is 345 g/mol. The monoisotopic (exact) mass is 362 g/mol. The van der Waals surface area contributed by atoms with Crippen molar-refractivity contribution in [2.75, 3.05) is 18.4 Å². The third-order valence-corrected chi connectivity index (χ3v) is 4.12. The van der Waals surface area contributed by atoms with Crippen molar-refractivity contribution in [3.8, 4) is 0 Å². The number of nitrogens with one attached hydrogen (secondary N) is 1. The van der Waals surface area contributed by atoms with Crippen LogP contribution in [0.5, 0.6) is 0 Å². The molecule has 2 rings (SSSR count). The quantitative estimate of drug-likeness (QED) is 0.828. The van der Waals surface area contributed by atoms with Crippen LogP contribution < -0.4 is 5.32 Å². The Kier molecular flexibility index (Phi) is 5.74. The Hall–Kier alpha value is -1.76. The van der Waals surface area contributed by atoms with Gasteiger partial charge < -0.3 is 10.2 Å². The number of carbonyl (C=O) groups excluding carboxylic acids is 2. The third-order valence-electron chi connectivity index (χ3n) is 3.88. The molecule has 8 heteroatoms. The number of hydrogen-bond acceptors (Lipinski definition) is 2. The maximum atomic E-state index is 13.0. The fraction of sp³-hybridized carbons (Fsp3) is 0.500. The summed E-state index contributed by atoms with van der Waals surface area (Å²) in [6.45, 7) is 3.16. The standard InChI is InChI=1S/C16H18ClF3N2O2/c1-10-3-2-6-22(9-10)15(24)8-14(23)21-13-5-4-11(17)7-12(13)16(18,19)20/h4-5,7,10H,2-3,6,8-9H2,1H3,(H,21,23). The van der Waals surface area contributed by atoms with Crippen LogP contribution in [0, 0.1) is 5.92 Å². The summed E-state index contributed by atoms with van der Waals surface area (Å²) in [5, 5.41) is 2.08. The Labute approximate surface area is 143 Å². The van der Waals surface area contributed by atoms with Gasteiger partial charge in [-0.15, -0.1) is 0 Å². The predicted molar refractivity (Wildman–Crippen MR) is 84.7 cm³/mol. The van der Waals surface area contributed by atoms with E-state index in [1.54, 1.807) is 4.90 Å². The van der Waals surface area contributed by atoms with Crippen molar-refractivity contribution in [3.05, 3.63) is 28.8 Å². The molecule has 132 valence electrons. The van der Waals surface area contributed by atoms with Crippen LogP contribution in [0.4, 0.5) is 18.9 Å². The summed E-state index contributed by atoms with van der Waals surface area (Å²) in [4.78, 5) is 25.6. The number of nitrogens with zero attached hydrogens (tertiary/aromatic N) is 1. The van der Waals surface area contributed by atoms with Crippen molar-refractivity contribution in [2.45, 2.75) is 32.4 Å². The largest absolute Gasteiger partial charge is 0.418 e. The van der Waals surface area contributed by atoms with Crippen LogP contribution in [0.25, 0.3) is 0 Å². The average molecular weight is 363 g/mol. The fourth-order valence-electron chi connectivity index (χ4n) is 2.72. The molecule has 1 saturated heterocycles. The summed E-state index contributed by atoms with van der Waals surface area (Å²) in [6.07, 6.45) is -3.24. The van der Waals surface area contributed by atoms with E-state index in [1.807, 2.05) is 6.92 Å². The van der Waals surface area contributed by atoms with Crippen LogP contribution in [-0.4, -0.2) is 29.8 Å². The molecule has 24 heavy (non-hydrogen) atoms. The Bertz CT molecular complexity index is 634. The van der Waals surface area contributed by atoms with Gasteiger partial charge in [-0.2, -0.15) is 13.2 Å². The van der Waals surface area contributed by atoms with Gasteiger partial charge in [0.05, 0.1) is 11.3 Å². The average Bonchev–Trinajstić information content (AvgIpc) is 2.48. The maximum Gasteiger partial charge on any atom is 0.418 e. The summed E-state index contributed by atoms with van der Waals surface area (Å²) in [5.74, 6) is -0.786. The first-order valence-corrected chi connectivity index (χ1v) is 7.99. The van der Waals surface area contributed by atoms with Gasteiger partial charge in [-0.3, -0.25) is 9.59 Å². The van der Waals surface area contributed by atoms with Crippen LogP contribution in [0.3, 0.4) is 0 Å². The molecule has 1 unspecified atom stereocenters. The number of piperidine rings is 1. The van der Waals surface area contributed by atoms with Gasteiger partial charge in [0.15, 0.2) is 0 Å². The first-order valence-electron chi connectivity index (χ1n) is 7.61. The second kappa shape index (κ2) is 7.42. The summed E-state index contributed by atoms with van der Waals surface area (Å²) in [6, 6.07) is 3.07. The molecule has 1 atom stereocenters.